The molecule has 0 bridgehead atoms. The van der Waals surface area contributed by atoms with Gasteiger partial charge >= 0.3 is 11.9 Å². The van der Waals surface area contributed by atoms with Crippen LogP contribution in [0.4, 0.5) is 0 Å². The molecule has 0 aliphatic heterocycles. The third-order valence-electron chi connectivity index (χ3n) is 5.69. The highest BCUT2D eigenvalue weighted by molar-refractivity contribution is 7.80. The van der Waals surface area contributed by atoms with Crippen LogP contribution < -0.4 is 0 Å². The summed E-state index contributed by atoms with van der Waals surface area (Å²) in [5, 5.41) is 34.5. The van der Waals surface area contributed by atoms with Crippen molar-refractivity contribution in [2.45, 2.75) is 55.4 Å². The van der Waals surface area contributed by atoms with Crippen molar-refractivity contribution in [3.05, 3.63) is 71.8 Å². The van der Waals surface area contributed by atoms with Crippen LogP contribution in [0.15, 0.2) is 60.7 Å². The summed E-state index contributed by atoms with van der Waals surface area (Å²) in [7, 11) is 0. The van der Waals surface area contributed by atoms with Crippen molar-refractivity contribution in [2.24, 2.45) is 5.41 Å². The maximum absolute atomic E-state index is 10.3. The zero-order valence-corrected chi connectivity index (χ0v) is 21.1. The third-order valence-corrected chi connectivity index (χ3v) is 6.65. The summed E-state index contributed by atoms with van der Waals surface area (Å²) in [4.78, 5) is 20.7. The first kappa shape index (κ1) is 30.0. The summed E-state index contributed by atoms with van der Waals surface area (Å²) in [6, 6.07) is 18.8. The van der Waals surface area contributed by atoms with Gasteiger partial charge in [0.25, 0.3) is 0 Å². The number of aliphatic carboxylic acids is 2. The van der Waals surface area contributed by atoms with Crippen molar-refractivity contribution in [3.63, 3.8) is 0 Å². The van der Waals surface area contributed by atoms with Gasteiger partial charge in [-0.15, -0.1) is 0 Å². The molecule has 0 aromatic heterocycles. The molecule has 0 radical (unpaired) electrons. The Balaban J connectivity index is 0.000000256. The van der Waals surface area contributed by atoms with Gasteiger partial charge in [-0.1, -0.05) is 79.9 Å². The van der Waals surface area contributed by atoms with Gasteiger partial charge in [-0.3, -0.25) is 9.59 Å². The molecule has 0 heterocycles. The predicted molar refractivity (Wildman–Crippen MR) is 141 cm³/mol. The van der Waals surface area contributed by atoms with Crippen molar-refractivity contribution in [1.29, 1.82) is 0 Å². The van der Waals surface area contributed by atoms with Gasteiger partial charge in [0, 0.05) is 15.9 Å². The molecule has 4 N–H and O–H groups in total. The summed E-state index contributed by atoms with van der Waals surface area (Å²) < 4.78 is 0. The first-order valence-corrected chi connectivity index (χ1v) is 12.4. The molecule has 1 fully saturated rings. The Kier molecular flexibility index (Phi) is 14.7. The largest absolute Gasteiger partial charge is 0.481 e. The number of aliphatic hydroxyl groups excluding tert-OH is 2. The number of hydrogen-bond donors (Lipinski definition) is 6. The molecule has 1 aliphatic carbocycles. The van der Waals surface area contributed by atoms with Gasteiger partial charge in [0.2, 0.25) is 0 Å². The predicted octanol–water partition coefficient (Wildman–Crippen LogP) is 5.19. The molecule has 188 valence electrons. The van der Waals surface area contributed by atoms with E-state index in [1.807, 2.05) is 60.7 Å². The fraction of sp³-hybridized carbons (Fsp3) is 0.462. The quantitative estimate of drug-likeness (QED) is 0.274. The molecule has 2 unspecified atom stereocenters. The van der Waals surface area contributed by atoms with E-state index in [0.717, 1.165) is 24.0 Å². The minimum atomic E-state index is -0.821. The second kappa shape index (κ2) is 16.6. The lowest BCUT2D eigenvalue weighted by Crippen LogP contribution is -2.31. The zero-order valence-electron chi connectivity index (χ0n) is 19.3. The van der Waals surface area contributed by atoms with Crippen LogP contribution in [0.2, 0.25) is 0 Å². The van der Waals surface area contributed by atoms with Crippen molar-refractivity contribution in [3.8, 4) is 0 Å². The highest BCUT2D eigenvalue weighted by Crippen LogP contribution is 2.34. The van der Waals surface area contributed by atoms with E-state index in [-0.39, 0.29) is 42.0 Å². The molecular formula is C26H36O6S2. The minimum absolute atomic E-state index is 0.0626. The summed E-state index contributed by atoms with van der Waals surface area (Å²) in [5.41, 5.74) is 1.77. The van der Waals surface area contributed by atoms with E-state index >= 15 is 0 Å². The lowest BCUT2D eigenvalue weighted by Gasteiger charge is -2.33. The van der Waals surface area contributed by atoms with Crippen molar-refractivity contribution in [2.75, 3.05) is 13.2 Å². The van der Waals surface area contributed by atoms with Gasteiger partial charge in [0.15, 0.2) is 0 Å². The van der Waals surface area contributed by atoms with Crippen molar-refractivity contribution >= 4 is 37.2 Å². The molecule has 34 heavy (non-hydrogen) atoms. The number of hydrogen-bond acceptors (Lipinski definition) is 6. The highest BCUT2D eigenvalue weighted by atomic mass is 32.1. The molecule has 2 atom stereocenters. The Labute approximate surface area is 212 Å². The molecule has 2 aromatic carbocycles. The average Bonchev–Trinajstić information content (AvgIpc) is 2.85. The SMILES string of the molecule is O=C(O)CC(S)c1ccccc1.O=C(O)CC(S)c1ccccc1.OCC1(CO)CCCCC1. The number of thiol groups is 2. The standard InChI is InChI=1S/2C9H10O2S.C8H16O2/c2*10-9(11)6-8(12)7-4-2-1-3-5-7;9-6-8(7-10)4-2-1-3-5-8/h2*1-5,8,12H,6H2,(H,10,11);9-10H,1-7H2. The maximum Gasteiger partial charge on any atom is 0.304 e. The van der Waals surface area contributed by atoms with Gasteiger partial charge in [-0.25, -0.2) is 0 Å². The summed E-state index contributed by atoms with van der Waals surface area (Å²) in [5.74, 6) is -1.64. The molecule has 3 rings (SSSR count). The normalized spacial score (nSPS) is 16.0. The van der Waals surface area contributed by atoms with Gasteiger partial charge in [0.05, 0.1) is 26.1 Å². The summed E-state index contributed by atoms with van der Waals surface area (Å²) >= 11 is 8.36. The number of carboxylic acids is 2. The van der Waals surface area contributed by atoms with E-state index in [1.54, 1.807) is 0 Å². The minimum Gasteiger partial charge on any atom is -0.481 e. The number of carbonyl (C=O) groups is 2. The Hall–Kier alpha value is -2.00. The molecule has 0 amide bonds. The van der Waals surface area contributed by atoms with Crippen LogP contribution in [0.5, 0.6) is 0 Å². The van der Waals surface area contributed by atoms with E-state index in [9.17, 15) is 9.59 Å². The van der Waals surface area contributed by atoms with Crippen LogP contribution in [-0.4, -0.2) is 45.6 Å². The van der Waals surface area contributed by atoms with E-state index in [4.69, 9.17) is 20.4 Å². The molecule has 1 saturated carbocycles. The number of carboxylic acid groups (broad SMARTS) is 2. The number of aliphatic hydroxyl groups is 2. The Morgan fingerprint density at radius 3 is 1.32 bits per heavy atom. The molecular weight excluding hydrogens is 472 g/mol. The van der Waals surface area contributed by atoms with Crippen LogP contribution in [-0.2, 0) is 9.59 Å². The topological polar surface area (TPSA) is 115 Å². The monoisotopic (exact) mass is 508 g/mol. The number of benzene rings is 2. The van der Waals surface area contributed by atoms with Crippen LogP contribution in [0.3, 0.4) is 0 Å². The van der Waals surface area contributed by atoms with Gasteiger partial charge in [-0.2, -0.15) is 25.3 Å². The van der Waals surface area contributed by atoms with Crippen molar-refractivity contribution in [1.82, 2.24) is 0 Å². The Morgan fingerprint density at radius 2 is 1.06 bits per heavy atom. The molecule has 0 saturated heterocycles. The second-order valence-corrected chi connectivity index (χ2v) is 9.67. The van der Waals surface area contributed by atoms with E-state index in [1.165, 1.54) is 19.3 Å². The van der Waals surface area contributed by atoms with Gasteiger partial charge in [0.1, 0.15) is 0 Å². The zero-order chi connectivity index (χ0) is 25.4. The summed E-state index contributed by atoms with van der Waals surface area (Å²) in [6.07, 6.45) is 5.73. The lowest BCUT2D eigenvalue weighted by atomic mass is 9.75. The second-order valence-electron chi connectivity index (χ2n) is 8.43. The summed E-state index contributed by atoms with van der Waals surface area (Å²) in [6.45, 7) is 0.312. The average molecular weight is 509 g/mol. The van der Waals surface area contributed by atoms with E-state index in [0.29, 0.717) is 0 Å². The Bertz CT molecular complexity index is 762. The molecule has 8 heteroatoms. The molecule has 1 aliphatic rings. The van der Waals surface area contributed by atoms with Crippen LogP contribution in [0, 0.1) is 5.41 Å². The van der Waals surface area contributed by atoms with E-state index < -0.39 is 11.9 Å². The van der Waals surface area contributed by atoms with Crippen LogP contribution >= 0.6 is 25.3 Å². The fourth-order valence-electron chi connectivity index (χ4n) is 3.58. The highest BCUT2D eigenvalue weighted by Gasteiger charge is 2.30. The van der Waals surface area contributed by atoms with Gasteiger partial charge < -0.3 is 20.4 Å². The molecule has 0 spiro atoms. The molecule has 6 nitrogen and oxygen atoms in total. The van der Waals surface area contributed by atoms with Crippen LogP contribution in [0.25, 0.3) is 0 Å². The first-order valence-electron chi connectivity index (χ1n) is 11.3. The third kappa shape index (κ3) is 11.9. The maximum atomic E-state index is 10.3. The van der Waals surface area contributed by atoms with E-state index in [2.05, 4.69) is 25.3 Å². The van der Waals surface area contributed by atoms with Crippen molar-refractivity contribution < 1.29 is 30.0 Å². The molecule has 2 aromatic rings. The first-order chi connectivity index (χ1) is 16.2. The smallest absolute Gasteiger partial charge is 0.304 e. The Morgan fingerprint density at radius 1 is 0.706 bits per heavy atom. The van der Waals surface area contributed by atoms with Gasteiger partial charge in [-0.05, 0) is 24.0 Å². The number of rotatable bonds is 8. The van der Waals surface area contributed by atoms with Crippen LogP contribution in [0.1, 0.15) is 66.6 Å². The fourth-order valence-corrected chi connectivity index (χ4v) is 4.24. The lowest BCUT2D eigenvalue weighted by molar-refractivity contribution is -0.138.